The van der Waals surface area contributed by atoms with Crippen LogP contribution < -0.4 is 10.1 Å². The van der Waals surface area contributed by atoms with Crippen molar-refractivity contribution < 1.29 is 19.1 Å². The number of hydrogen-bond donors (Lipinski definition) is 1. The maximum atomic E-state index is 12.2. The van der Waals surface area contributed by atoms with Gasteiger partial charge in [0.25, 0.3) is 5.91 Å². The minimum absolute atomic E-state index is 0.197. The number of esters is 1. The number of hydrogen-bond acceptors (Lipinski definition) is 4. The van der Waals surface area contributed by atoms with Crippen LogP contribution >= 0.6 is 11.6 Å². The van der Waals surface area contributed by atoms with Crippen molar-refractivity contribution in [3.8, 4) is 5.75 Å². The van der Waals surface area contributed by atoms with Crippen molar-refractivity contribution >= 4 is 29.2 Å². The molecule has 1 N–H and O–H groups in total. The smallest absolute Gasteiger partial charge is 0.347 e. The first-order chi connectivity index (χ1) is 11.8. The zero-order chi connectivity index (χ0) is 18.4. The Morgan fingerprint density at radius 2 is 1.56 bits per heavy atom. The van der Waals surface area contributed by atoms with Crippen LogP contribution in [0.4, 0.5) is 5.69 Å². The summed E-state index contributed by atoms with van der Waals surface area (Å²) in [5.74, 6) is -0.197. The van der Waals surface area contributed by atoms with Crippen molar-refractivity contribution in [2.45, 2.75) is 33.0 Å². The molecule has 5 nitrogen and oxygen atoms in total. The molecule has 0 aliphatic heterocycles. The third-order valence-electron chi connectivity index (χ3n) is 3.22. The average Bonchev–Trinajstić information content (AvgIpc) is 2.57. The summed E-state index contributed by atoms with van der Waals surface area (Å²) in [6.45, 7) is 5.17. The summed E-state index contributed by atoms with van der Waals surface area (Å²) in [4.78, 5) is 23.9. The lowest BCUT2D eigenvalue weighted by Crippen LogP contribution is -2.28. The fourth-order valence-electron chi connectivity index (χ4n) is 2.00. The molecule has 6 heteroatoms. The summed E-state index contributed by atoms with van der Waals surface area (Å²) in [5, 5.41) is 3.37. The molecule has 0 spiro atoms. The standard InChI is InChI=1S/C19H20ClNO4/c1-12(2)24-19(23)13(3)25-17-10-4-14(5-11-17)18(22)21-16-8-6-15(20)7-9-16/h4-13H,1-3H3,(H,21,22)/t13-/m1/s1. The Balaban J connectivity index is 1.95. The van der Waals surface area contributed by atoms with E-state index in [1.54, 1.807) is 69.3 Å². The van der Waals surface area contributed by atoms with E-state index in [2.05, 4.69) is 5.32 Å². The molecule has 0 heterocycles. The van der Waals surface area contributed by atoms with Gasteiger partial charge in [-0.25, -0.2) is 4.79 Å². The second-order valence-corrected chi connectivity index (χ2v) is 6.17. The van der Waals surface area contributed by atoms with Gasteiger partial charge in [0.05, 0.1) is 6.10 Å². The number of rotatable bonds is 6. The maximum Gasteiger partial charge on any atom is 0.347 e. The van der Waals surface area contributed by atoms with Crippen molar-refractivity contribution in [1.29, 1.82) is 0 Å². The van der Waals surface area contributed by atoms with Crippen molar-refractivity contribution in [2.24, 2.45) is 0 Å². The van der Waals surface area contributed by atoms with E-state index in [1.165, 1.54) is 0 Å². The van der Waals surface area contributed by atoms with Crippen molar-refractivity contribution in [3.05, 3.63) is 59.1 Å². The summed E-state index contributed by atoms with van der Waals surface area (Å²) >= 11 is 5.81. The molecule has 0 fully saturated rings. The number of nitrogens with one attached hydrogen (secondary N) is 1. The van der Waals surface area contributed by atoms with Gasteiger partial charge in [0, 0.05) is 16.3 Å². The summed E-state index contributed by atoms with van der Waals surface area (Å²) < 4.78 is 10.6. The molecule has 2 rings (SSSR count). The predicted molar refractivity (Wildman–Crippen MR) is 97.2 cm³/mol. The first-order valence-electron chi connectivity index (χ1n) is 7.89. The molecule has 2 aromatic rings. The van der Waals surface area contributed by atoms with Crippen LogP contribution in [0.1, 0.15) is 31.1 Å². The topological polar surface area (TPSA) is 64.6 Å². The van der Waals surface area contributed by atoms with Gasteiger partial charge >= 0.3 is 5.97 Å². The molecule has 1 amide bonds. The van der Waals surface area contributed by atoms with E-state index in [1.807, 2.05) is 0 Å². The second kappa shape index (κ2) is 8.53. The van der Waals surface area contributed by atoms with Crippen LogP contribution in [-0.4, -0.2) is 24.1 Å². The molecule has 0 unspecified atom stereocenters. The fraction of sp³-hybridized carbons (Fsp3) is 0.263. The average molecular weight is 362 g/mol. The number of carbonyl (C=O) groups excluding carboxylic acids is 2. The van der Waals surface area contributed by atoms with Crippen molar-refractivity contribution in [2.75, 3.05) is 5.32 Å². The Morgan fingerprint density at radius 3 is 2.12 bits per heavy atom. The third kappa shape index (κ3) is 5.80. The largest absolute Gasteiger partial charge is 0.479 e. The van der Waals surface area contributed by atoms with Crippen LogP contribution in [0.25, 0.3) is 0 Å². The van der Waals surface area contributed by atoms with Gasteiger partial charge in [-0.3, -0.25) is 4.79 Å². The number of amides is 1. The van der Waals surface area contributed by atoms with E-state index in [9.17, 15) is 9.59 Å². The van der Waals surface area contributed by atoms with E-state index in [-0.39, 0.29) is 12.0 Å². The number of carbonyl (C=O) groups is 2. The molecule has 0 aliphatic rings. The Morgan fingerprint density at radius 1 is 0.960 bits per heavy atom. The van der Waals surface area contributed by atoms with E-state index in [0.29, 0.717) is 22.0 Å². The predicted octanol–water partition coefficient (Wildman–Crippen LogP) is 4.31. The lowest BCUT2D eigenvalue weighted by atomic mass is 10.2. The molecule has 0 bridgehead atoms. The highest BCUT2D eigenvalue weighted by Crippen LogP contribution is 2.17. The number of ether oxygens (including phenoxy) is 2. The first kappa shape index (κ1) is 18.8. The maximum absolute atomic E-state index is 12.2. The highest BCUT2D eigenvalue weighted by molar-refractivity contribution is 6.30. The SMILES string of the molecule is CC(C)OC(=O)[C@@H](C)Oc1ccc(C(=O)Nc2ccc(Cl)cc2)cc1. The molecule has 0 aromatic heterocycles. The summed E-state index contributed by atoms with van der Waals surface area (Å²) in [7, 11) is 0. The molecule has 0 radical (unpaired) electrons. The zero-order valence-corrected chi connectivity index (χ0v) is 15.0. The van der Waals surface area contributed by atoms with Gasteiger partial charge in [-0.1, -0.05) is 11.6 Å². The molecular weight excluding hydrogens is 342 g/mol. The number of anilines is 1. The third-order valence-corrected chi connectivity index (χ3v) is 3.47. The van der Waals surface area contributed by atoms with Gasteiger partial charge in [-0.05, 0) is 69.3 Å². The Labute approximate surface area is 151 Å². The first-order valence-corrected chi connectivity index (χ1v) is 8.27. The lowest BCUT2D eigenvalue weighted by molar-refractivity contribution is -0.154. The van der Waals surface area contributed by atoms with Gasteiger partial charge in [0.2, 0.25) is 0 Å². The zero-order valence-electron chi connectivity index (χ0n) is 14.3. The van der Waals surface area contributed by atoms with Crippen LogP contribution in [0.5, 0.6) is 5.75 Å². The Kier molecular flexibility index (Phi) is 6.42. The highest BCUT2D eigenvalue weighted by Gasteiger charge is 2.17. The van der Waals surface area contributed by atoms with Gasteiger partial charge < -0.3 is 14.8 Å². The molecule has 132 valence electrons. The van der Waals surface area contributed by atoms with Crippen LogP contribution in [0, 0.1) is 0 Å². The lowest BCUT2D eigenvalue weighted by Gasteiger charge is -2.16. The van der Waals surface area contributed by atoms with Gasteiger partial charge in [-0.15, -0.1) is 0 Å². The minimum atomic E-state index is -0.726. The van der Waals surface area contributed by atoms with E-state index in [0.717, 1.165) is 0 Å². The van der Waals surface area contributed by atoms with Crippen LogP contribution in [0.2, 0.25) is 5.02 Å². The van der Waals surface area contributed by atoms with E-state index < -0.39 is 12.1 Å². The van der Waals surface area contributed by atoms with Crippen LogP contribution in [0.3, 0.4) is 0 Å². The minimum Gasteiger partial charge on any atom is -0.479 e. The molecule has 0 saturated carbocycles. The summed E-state index contributed by atoms with van der Waals surface area (Å²) in [5.41, 5.74) is 1.12. The van der Waals surface area contributed by atoms with Crippen LogP contribution in [0.15, 0.2) is 48.5 Å². The highest BCUT2D eigenvalue weighted by atomic mass is 35.5. The van der Waals surface area contributed by atoms with Crippen molar-refractivity contribution in [3.63, 3.8) is 0 Å². The monoisotopic (exact) mass is 361 g/mol. The van der Waals surface area contributed by atoms with Crippen LogP contribution in [-0.2, 0) is 9.53 Å². The summed E-state index contributed by atoms with van der Waals surface area (Å²) in [6.07, 6.45) is -0.923. The van der Waals surface area contributed by atoms with E-state index >= 15 is 0 Å². The molecule has 2 aromatic carbocycles. The molecular formula is C19H20ClNO4. The number of benzene rings is 2. The number of halogens is 1. The molecule has 0 saturated heterocycles. The normalized spacial score (nSPS) is 11.7. The molecule has 1 atom stereocenters. The van der Waals surface area contributed by atoms with Gasteiger partial charge in [-0.2, -0.15) is 0 Å². The molecule has 25 heavy (non-hydrogen) atoms. The second-order valence-electron chi connectivity index (χ2n) is 5.73. The molecule has 0 aliphatic carbocycles. The van der Waals surface area contributed by atoms with Gasteiger partial charge in [0.15, 0.2) is 6.10 Å². The quantitative estimate of drug-likeness (QED) is 0.778. The Bertz CT molecular complexity index is 726. The van der Waals surface area contributed by atoms with E-state index in [4.69, 9.17) is 21.1 Å². The van der Waals surface area contributed by atoms with Crippen molar-refractivity contribution in [1.82, 2.24) is 0 Å². The fourth-order valence-corrected chi connectivity index (χ4v) is 2.13. The Hall–Kier alpha value is -2.53. The van der Waals surface area contributed by atoms with Gasteiger partial charge in [0.1, 0.15) is 5.75 Å². The summed E-state index contributed by atoms with van der Waals surface area (Å²) in [6, 6.07) is 13.4.